The van der Waals surface area contributed by atoms with Gasteiger partial charge in [-0.1, -0.05) is 36.4 Å². The van der Waals surface area contributed by atoms with Crippen molar-refractivity contribution in [1.82, 2.24) is 16.0 Å². The van der Waals surface area contributed by atoms with Gasteiger partial charge in [0.25, 0.3) is 0 Å². The highest BCUT2D eigenvalue weighted by atomic mass is 32.1. The van der Waals surface area contributed by atoms with E-state index in [1.54, 1.807) is 11.3 Å². The topological polar surface area (TPSA) is 70.2 Å². The number of nitrogens with one attached hydrogen (secondary N) is 3. The van der Waals surface area contributed by atoms with Gasteiger partial charge in [-0.25, -0.2) is 4.79 Å². The van der Waals surface area contributed by atoms with Crippen LogP contribution in [0.2, 0.25) is 0 Å². The predicted octanol–water partition coefficient (Wildman–Crippen LogP) is 2.81. The molecule has 2 unspecified atom stereocenters. The van der Waals surface area contributed by atoms with Gasteiger partial charge in [0, 0.05) is 11.4 Å². The summed E-state index contributed by atoms with van der Waals surface area (Å²) in [5.41, 5.74) is 1.01. The summed E-state index contributed by atoms with van der Waals surface area (Å²) in [4.78, 5) is 25.5. The molecule has 126 valence electrons. The number of carbonyl (C=O) groups excluding carboxylic acids is 2. The molecule has 2 heterocycles. The van der Waals surface area contributed by atoms with Gasteiger partial charge < -0.3 is 16.0 Å². The highest BCUT2D eigenvalue weighted by molar-refractivity contribution is 7.10. The van der Waals surface area contributed by atoms with Crippen LogP contribution in [0.1, 0.15) is 35.7 Å². The SMILES string of the molecule is O=C(NC1CCCCNC1=O)NC(c1ccccc1)c1cccs1. The predicted molar refractivity (Wildman–Crippen MR) is 94.9 cm³/mol. The zero-order valence-electron chi connectivity index (χ0n) is 13.3. The first-order valence-electron chi connectivity index (χ1n) is 8.17. The van der Waals surface area contributed by atoms with Crippen molar-refractivity contribution in [2.24, 2.45) is 0 Å². The third kappa shape index (κ3) is 4.14. The lowest BCUT2D eigenvalue weighted by Crippen LogP contribution is -2.49. The quantitative estimate of drug-likeness (QED) is 0.799. The average Bonchev–Trinajstić information content (AvgIpc) is 3.06. The van der Waals surface area contributed by atoms with Gasteiger partial charge >= 0.3 is 6.03 Å². The van der Waals surface area contributed by atoms with Crippen molar-refractivity contribution >= 4 is 23.3 Å². The lowest BCUT2D eigenvalue weighted by molar-refractivity contribution is -0.122. The first-order chi connectivity index (χ1) is 11.7. The molecule has 1 fully saturated rings. The Labute approximate surface area is 145 Å². The number of amides is 3. The van der Waals surface area contributed by atoms with Crippen LogP contribution in [0.4, 0.5) is 4.79 Å². The Hall–Kier alpha value is -2.34. The maximum Gasteiger partial charge on any atom is 0.316 e. The molecule has 6 heteroatoms. The molecule has 0 spiro atoms. The Bertz CT molecular complexity index is 673. The zero-order chi connectivity index (χ0) is 16.8. The maximum absolute atomic E-state index is 12.5. The minimum atomic E-state index is -0.466. The number of hydrogen-bond acceptors (Lipinski definition) is 3. The van der Waals surface area contributed by atoms with Crippen molar-refractivity contribution in [3.63, 3.8) is 0 Å². The molecule has 0 saturated carbocycles. The summed E-state index contributed by atoms with van der Waals surface area (Å²) in [6.45, 7) is 0.681. The second kappa shape index (κ2) is 7.97. The van der Waals surface area contributed by atoms with Crippen molar-refractivity contribution in [2.75, 3.05) is 6.54 Å². The molecule has 0 radical (unpaired) electrons. The van der Waals surface area contributed by atoms with E-state index >= 15 is 0 Å². The van der Waals surface area contributed by atoms with Crippen LogP contribution in [0, 0.1) is 0 Å². The Morgan fingerprint density at radius 3 is 2.75 bits per heavy atom. The Morgan fingerprint density at radius 2 is 2.00 bits per heavy atom. The molecule has 3 N–H and O–H groups in total. The van der Waals surface area contributed by atoms with E-state index in [0.29, 0.717) is 13.0 Å². The van der Waals surface area contributed by atoms with Gasteiger partial charge in [0.05, 0.1) is 6.04 Å². The van der Waals surface area contributed by atoms with Crippen LogP contribution in [0.3, 0.4) is 0 Å². The largest absolute Gasteiger partial charge is 0.354 e. The minimum absolute atomic E-state index is 0.102. The summed E-state index contributed by atoms with van der Waals surface area (Å²) in [6.07, 6.45) is 2.55. The Balaban J connectivity index is 1.70. The first kappa shape index (κ1) is 16.5. The van der Waals surface area contributed by atoms with Gasteiger partial charge in [-0.15, -0.1) is 11.3 Å². The number of thiophene rings is 1. The lowest BCUT2D eigenvalue weighted by atomic mass is 10.1. The minimum Gasteiger partial charge on any atom is -0.354 e. The van der Waals surface area contributed by atoms with Gasteiger partial charge in [0.2, 0.25) is 5.91 Å². The second-order valence-corrected chi connectivity index (χ2v) is 6.80. The molecular weight excluding hydrogens is 322 g/mol. The molecule has 24 heavy (non-hydrogen) atoms. The Kier molecular flexibility index (Phi) is 5.48. The summed E-state index contributed by atoms with van der Waals surface area (Å²) in [7, 11) is 0. The summed E-state index contributed by atoms with van der Waals surface area (Å²) < 4.78 is 0. The maximum atomic E-state index is 12.5. The van der Waals surface area contributed by atoms with Crippen molar-refractivity contribution in [1.29, 1.82) is 0 Å². The molecule has 1 aliphatic heterocycles. The monoisotopic (exact) mass is 343 g/mol. The Morgan fingerprint density at radius 1 is 1.17 bits per heavy atom. The van der Waals surface area contributed by atoms with Crippen LogP contribution in [0.15, 0.2) is 47.8 Å². The lowest BCUT2D eigenvalue weighted by Gasteiger charge is -2.21. The molecule has 0 bridgehead atoms. The van der Waals surface area contributed by atoms with Crippen LogP contribution in [-0.4, -0.2) is 24.5 Å². The van der Waals surface area contributed by atoms with Crippen molar-refractivity contribution in [3.05, 3.63) is 58.3 Å². The standard InChI is InChI=1S/C18H21N3O2S/c22-17-14(9-4-5-11-19-17)20-18(23)21-16(15-10-6-12-24-15)13-7-2-1-3-8-13/h1-3,6-8,10,12,14,16H,4-5,9,11H2,(H,19,22)(H2,20,21,23). The summed E-state index contributed by atoms with van der Waals surface area (Å²) in [5.74, 6) is -0.102. The molecule has 2 atom stereocenters. The van der Waals surface area contributed by atoms with Crippen LogP contribution in [0.5, 0.6) is 0 Å². The number of rotatable bonds is 4. The van der Waals surface area contributed by atoms with Crippen molar-refractivity contribution in [3.8, 4) is 0 Å². The van der Waals surface area contributed by atoms with Crippen LogP contribution < -0.4 is 16.0 Å². The average molecular weight is 343 g/mol. The van der Waals surface area contributed by atoms with Gasteiger partial charge in [-0.3, -0.25) is 4.79 Å². The molecular formula is C18H21N3O2S. The third-order valence-electron chi connectivity index (χ3n) is 4.08. The number of benzene rings is 1. The van der Waals surface area contributed by atoms with Gasteiger partial charge in [-0.2, -0.15) is 0 Å². The number of carbonyl (C=O) groups is 2. The molecule has 1 aliphatic rings. The molecule has 0 aliphatic carbocycles. The molecule has 5 nitrogen and oxygen atoms in total. The van der Waals surface area contributed by atoms with Gasteiger partial charge in [0.1, 0.15) is 6.04 Å². The van der Waals surface area contributed by atoms with E-state index in [2.05, 4.69) is 16.0 Å². The van der Waals surface area contributed by atoms with Crippen LogP contribution in [-0.2, 0) is 4.79 Å². The highest BCUT2D eigenvalue weighted by Gasteiger charge is 2.24. The van der Waals surface area contributed by atoms with E-state index in [0.717, 1.165) is 23.3 Å². The molecule has 1 aromatic carbocycles. The number of hydrogen-bond donors (Lipinski definition) is 3. The molecule has 3 amide bonds. The normalized spacial score (nSPS) is 19.0. The third-order valence-corrected chi connectivity index (χ3v) is 5.01. The zero-order valence-corrected chi connectivity index (χ0v) is 14.1. The first-order valence-corrected chi connectivity index (χ1v) is 9.05. The van der Waals surface area contributed by atoms with Crippen LogP contribution in [0.25, 0.3) is 0 Å². The summed E-state index contributed by atoms with van der Waals surface area (Å²) in [5, 5.41) is 10.6. The molecule has 1 aromatic heterocycles. The fourth-order valence-corrected chi connectivity index (χ4v) is 3.63. The smallest absolute Gasteiger partial charge is 0.316 e. The highest BCUT2D eigenvalue weighted by Crippen LogP contribution is 2.25. The summed E-state index contributed by atoms with van der Waals surface area (Å²) >= 11 is 1.60. The fraction of sp³-hybridized carbons (Fsp3) is 0.333. The molecule has 1 saturated heterocycles. The van der Waals surface area contributed by atoms with Crippen LogP contribution >= 0.6 is 11.3 Å². The van der Waals surface area contributed by atoms with E-state index in [4.69, 9.17) is 0 Å². The van der Waals surface area contributed by atoms with E-state index in [9.17, 15) is 9.59 Å². The van der Waals surface area contributed by atoms with E-state index in [1.807, 2.05) is 47.8 Å². The number of urea groups is 1. The van der Waals surface area contributed by atoms with Gasteiger partial charge in [-0.05, 0) is 36.3 Å². The van der Waals surface area contributed by atoms with Crippen molar-refractivity contribution in [2.45, 2.75) is 31.3 Å². The molecule has 2 aromatic rings. The second-order valence-electron chi connectivity index (χ2n) is 5.82. The van der Waals surface area contributed by atoms with Gasteiger partial charge in [0.15, 0.2) is 0 Å². The molecule has 3 rings (SSSR count). The van der Waals surface area contributed by atoms with E-state index in [-0.39, 0.29) is 18.0 Å². The van der Waals surface area contributed by atoms with E-state index in [1.165, 1.54) is 0 Å². The summed E-state index contributed by atoms with van der Waals surface area (Å²) in [6, 6.07) is 12.8. The fourth-order valence-electron chi connectivity index (χ4n) is 2.83. The van der Waals surface area contributed by atoms with E-state index < -0.39 is 6.04 Å². The van der Waals surface area contributed by atoms with Crippen molar-refractivity contribution < 1.29 is 9.59 Å².